The summed E-state index contributed by atoms with van der Waals surface area (Å²) < 4.78 is 28.8. The molecule has 10 nitrogen and oxygen atoms in total. The van der Waals surface area contributed by atoms with E-state index >= 15 is 0 Å². The number of benzene rings is 2. The van der Waals surface area contributed by atoms with Crippen LogP contribution in [-0.2, 0) is 17.6 Å². The van der Waals surface area contributed by atoms with Crippen molar-refractivity contribution in [3.05, 3.63) is 39.4 Å². The van der Waals surface area contributed by atoms with E-state index in [2.05, 4.69) is 21.9 Å². The molecule has 4 heterocycles. The normalized spacial score (nSPS) is 27.2. The van der Waals surface area contributed by atoms with Crippen molar-refractivity contribution in [2.75, 3.05) is 41.5 Å². The molecule has 4 aliphatic heterocycles. The second-order valence-corrected chi connectivity index (χ2v) is 10.5. The molecule has 4 aliphatic rings. The molecular formula is C28H33N3O7. The summed E-state index contributed by atoms with van der Waals surface area (Å²) in [7, 11) is 5.25. The molecule has 6 rings (SSSR count). The number of methoxy groups -OCH3 is 2. The monoisotopic (exact) mass is 523 g/mol. The molecule has 5 atom stereocenters. The Bertz CT molecular complexity index is 1340. The van der Waals surface area contributed by atoms with Crippen molar-refractivity contribution in [2.45, 2.75) is 56.9 Å². The number of hydrogen-bond acceptors (Lipinski definition) is 10. The standard InChI is InChI=1S/C28H33N3O7/c1-13-6-15-7-17-19(9-29)31-18(23(30(17)3)21(15)27(25(13)35-5)36-11-34-4)8-16-22(20(31)10-32)28-26(37-12-38-28)14(2)24(16)33/h6,17-20,23,32-33H,7-8,10-12H2,1-5H3/t17?,18?,19-,20?,23?/m0/s1. The highest BCUT2D eigenvalue weighted by molar-refractivity contribution is 5.66. The van der Waals surface area contributed by atoms with E-state index in [1.165, 1.54) is 0 Å². The first-order valence-corrected chi connectivity index (χ1v) is 12.8. The fraction of sp³-hybridized carbons (Fsp3) is 0.536. The van der Waals surface area contributed by atoms with Gasteiger partial charge in [0.1, 0.15) is 11.8 Å². The van der Waals surface area contributed by atoms with Crippen molar-refractivity contribution >= 4 is 0 Å². The number of phenols is 1. The fourth-order valence-electron chi connectivity index (χ4n) is 7.26. The van der Waals surface area contributed by atoms with Crippen LogP contribution in [-0.4, -0.2) is 79.6 Å². The zero-order valence-corrected chi connectivity index (χ0v) is 22.3. The molecular weight excluding hydrogens is 490 g/mol. The lowest BCUT2D eigenvalue weighted by Gasteiger charge is -2.59. The van der Waals surface area contributed by atoms with Crippen LogP contribution in [0.4, 0.5) is 0 Å². The minimum Gasteiger partial charge on any atom is -0.507 e. The van der Waals surface area contributed by atoms with Crippen LogP contribution in [0, 0.1) is 25.2 Å². The van der Waals surface area contributed by atoms with E-state index in [0.29, 0.717) is 47.0 Å². The minimum atomic E-state index is -0.550. The molecule has 0 radical (unpaired) electrons. The highest BCUT2D eigenvalue weighted by atomic mass is 16.7. The third-order valence-electron chi connectivity index (χ3n) is 8.77. The Morgan fingerprint density at radius 3 is 2.55 bits per heavy atom. The fourth-order valence-corrected chi connectivity index (χ4v) is 7.26. The Kier molecular flexibility index (Phi) is 6.07. The summed E-state index contributed by atoms with van der Waals surface area (Å²) in [6, 6.07) is 3.09. The maximum absolute atomic E-state index is 11.3. The van der Waals surface area contributed by atoms with Crippen molar-refractivity contribution < 1.29 is 33.9 Å². The van der Waals surface area contributed by atoms with Gasteiger partial charge in [0.05, 0.1) is 31.9 Å². The number of rotatable bonds is 5. The zero-order chi connectivity index (χ0) is 26.9. The predicted molar refractivity (Wildman–Crippen MR) is 136 cm³/mol. The van der Waals surface area contributed by atoms with Gasteiger partial charge in [0.25, 0.3) is 0 Å². The molecule has 0 amide bonds. The lowest BCUT2D eigenvalue weighted by molar-refractivity contribution is -0.0832. The van der Waals surface area contributed by atoms with Crippen LogP contribution < -0.4 is 18.9 Å². The summed E-state index contributed by atoms with van der Waals surface area (Å²) in [6.45, 7) is 3.68. The molecule has 0 spiro atoms. The Hall–Kier alpha value is -3.23. The van der Waals surface area contributed by atoms with E-state index in [9.17, 15) is 15.5 Å². The first kappa shape index (κ1) is 25.1. The molecule has 10 heteroatoms. The molecule has 2 bridgehead atoms. The van der Waals surface area contributed by atoms with E-state index in [0.717, 1.165) is 22.3 Å². The topological polar surface area (TPSA) is 117 Å². The first-order valence-electron chi connectivity index (χ1n) is 12.8. The summed E-state index contributed by atoms with van der Waals surface area (Å²) in [6.07, 6.45) is 1.09. The van der Waals surface area contributed by atoms with Crippen molar-refractivity contribution in [3.63, 3.8) is 0 Å². The van der Waals surface area contributed by atoms with Crippen molar-refractivity contribution in [2.24, 2.45) is 0 Å². The molecule has 1 saturated heterocycles. The zero-order valence-electron chi connectivity index (χ0n) is 22.3. The number of nitriles is 1. The molecule has 38 heavy (non-hydrogen) atoms. The quantitative estimate of drug-likeness (QED) is 0.566. The third-order valence-corrected chi connectivity index (χ3v) is 8.77. The van der Waals surface area contributed by atoms with Gasteiger partial charge in [0.2, 0.25) is 6.79 Å². The summed E-state index contributed by atoms with van der Waals surface area (Å²) in [5.74, 6) is 2.48. The van der Waals surface area contributed by atoms with Crippen LogP contribution in [0.15, 0.2) is 6.07 Å². The summed E-state index contributed by atoms with van der Waals surface area (Å²) >= 11 is 0. The number of aromatic hydroxyl groups is 1. The molecule has 2 aromatic rings. The Morgan fingerprint density at radius 1 is 1.11 bits per heavy atom. The molecule has 202 valence electrons. The van der Waals surface area contributed by atoms with Gasteiger partial charge in [-0.25, -0.2) is 0 Å². The van der Waals surface area contributed by atoms with Crippen LogP contribution in [0.2, 0.25) is 0 Å². The number of phenolic OH excluding ortho intramolecular Hbond substituents is 1. The summed E-state index contributed by atoms with van der Waals surface area (Å²) in [5.41, 5.74) is 5.10. The van der Waals surface area contributed by atoms with E-state index in [1.807, 2.05) is 20.9 Å². The molecule has 4 unspecified atom stereocenters. The molecule has 2 N–H and O–H groups in total. The van der Waals surface area contributed by atoms with Gasteiger partial charge in [-0.05, 0) is 44.9 Å². The Balaban J connectivity index is 1.60. The van der Waals surface area contributed by atoms with Crippen molar-refractivity contribution in [1.82, 2.24) is 9.80 Å². The van der Waals surface area contributed by atoms with Crippen molar-refractivity contribution in [3.8, 4) is 34.8 Å². The number of piperazine rings is 1. The highest BCUT2D eigenvalue weighted by Gasteiger charge is 2.56. The van der Waals surface area contributed by atoms with Gasteiger partial charge in [-0.15, -0.1) is 0 Å². The SMILES string of the molecule is COCOc1c(OC)c(C)cc2c1C1C3Cc4c(O)c(C)c5c(c4C(CO)N3[C@@H](C#N)C(C2)N1C)OCO5. The molecule has 0 aliphatic carbocycles. The summed E-state index contributed by atoms with van der Waals surface area (Å²) in [4.78, 5) is 4.38. The van der Waals surface area contributed by atoms with Crippen LogP contribution in [0.25, 0.3) is 0 Å². The number of aliphatic hydroxyl groups excluding tert-OH is 1. The average molecular weight is 524 g/mol. The largest absolute Gasteiger partial charge is 0.507 e. The maximum Gasteiger partial charge on any atom is 0.231 e. The van der Waals surface area contributed by atoms with Gasteiger partial charge in [0.15, 0.2) is 29.8 Å². The first-order chi connectivity index (χ1) is 18.4. The smallest absolute Gasteiger partial charge is 0.231 e. The van der Waals surface area contributed by atoms with Gasteiger partial charge < -0.3 is 33.9 Å². The van der Waals surface area contributed by atoms with Crippen molar-refractivity contribution in [1.29, 1.82) is 5.26 Å². The van der Waals surface area contributed by atoms with E-state index in [4.69, 9.17) is 23.7 Å². The lowest BCUT2D eigenvalue weighted by atomic mass is 9.71. The van der Waals surface area contributed by atoms with E-state index in [1.54, 1.807) is 14.2 Å². The van der Waals surface area contributed by atoms with Crippen LogP contribution >= 0.6 is 0 Å². The predicted octanol–water partition coefficient (Wildman–Crippen LogP) is 2.49. The second-order valence-electron chi connectivity index (χ2n) is 10.5. The van der Waals surface area contributed by atoms with Crippen LogP contribution in [0.5, 0.6) is 28.7 Å². The number of aliphatic hydroxyl groups is 1. The maximum atomic E-state index is 11.3. The van der Waals surface area contributed by atoms with Crippen LogP contribution in [0.1, 0.15) is 45.5 Å². The third kappa shape index (κ3) is 3.26. The van der Waals surface area contributed by atoms with Gasteiger partial charge >= 0.3 is 0 Å². The minimum absolute atomic E-state index is 0.0516. The Morgan fingerprint density at radius 2 is 1.87 bits per heavy atom. The highest BCUT2D eigenvalue weighted by Crippen LogP contribution is 2.58. The van der Waals surface area contributed by atoms with E-state index in [-0.39, 0.29) is 44.1 Å². The van der Waals surface area contributed by atoms with Gasteiger partial charge in [0, 0.05) is 41.4 Å². The molecule has 0 saturated carbocycles. The second kappa shape index (κ2) is 9.20. The van der Waals surface area contributed by atoms with Gasteiger partial charge in [-0.3, -0.25) is 9.80 Å². The number of aryl methyl sites for hydroxylation is 1. The molecule has 0 aromatic heterocycles. The van der Waals surface area contributed by atoms with Gasteiger partial charge in [-0.1, -0.05) is 6.07 Å². The number of likely N-dealkylation sites (N-methyl/N-ethyl adjacent to an activating group) is 1. The number of hydrogen-bond donors (Lipinski definition) is 2. The Labute approximate surface area is 221 Å². The summed E-state index contributed by atoms with van der Waals surface area (Å²) in [5, 5.41) is 32.6. The van der Waals surface area contributed by atoms with Crippen LogP contribution in [0.3, 0.4) is 0 Å². The van der Waals surface area contributed by atoms with Gasteiger partial charge in [-0.2, -0.15) is 5.26 Å². The lowest BCUT2D eigenvalue weighted by Crippen LogP contribution is -2.68. The van der Waals surface area contributed by atoms with E-state index < -0.39 is 12.1 Å². The molecule has 2 aromatic carbocycles. The number of nitrogens with zero attached hydrogens (tertiary/aromatic N) is 3. The number of fused-ring (bicyclic) bond motifs is 9. The number of ether oxygens (including phenoxy) is 5. The molecule has 1 fully saturated rings. The average Bonchev–Trinajstić information content (AvgIpc) is 3.40.